The second-order valence-electron chi connectivity index (χ2n) is 25.8. The van der Waals surface area contributed by atoms with Gasteiger partial charge in [-0.1, -0.05) is 182 Å². The molecule has 2 aromatic carbocycles. The van der Waals surface area contributed by atoms with Gasteiger partial charge < -0.3 is 54.3 Å². The largest absolute Gasteiger partial charge is 0.396 e. The molecule has 88 heavy (non-hydrogen) atoms. The lowest BCUT2D eigenvalue weighted by molar-refractivity contribution is -0.0331. The molecule has 4 heterocycles. The molecule has 1 aliphatic carbocycles. The van der Waals surface area contributed by atoms with Crippen LogP contribution in [0.2, 0.25) is 0 Å². The van der Waals surface area contributed by atoms with Crippen molar-refractivity contribution in [3.05, 3.63) is 71.8 Å². The predicted octanol–water partition coefficient (Wildman–Crippen LogP) is 16.0. The Morgan fingerprint density at radius 2 is 0.989 bits per heavy atom. The molecular formula is C74H150N2O11S. The van der Waals surface area contributed by atoms with E-state index in [0.717, 1.165) is 126 Å². The van der Waals surface area contributed by atoms with Gasteiger partial charge in [0.25, 0.3) is 0 Å². The van der Waals surface area contributed by atoms with Crippen LogP contribution in [0.4, 0.5) is 0 Å². The summed E-state index contributed by atoms with van der Waals surface area (Å²) in [7, 11) is 4.92. The highest BCUT2D eigenvalue weighted by Gasteiger charge is 2.18. The number of aryl methyl sites for hydroxylation is 1. The molecule has 7 rings (SSSR count). The topological polar surface area (TPSA) is 179 Å². The minimum Gasteiger partial charge on any atom is -0.396 e. The molecular weight excluding hydrogens is 1120 g/mol. The van der Waals surface area contributed by atoms with Gasteiger partial charge in [0, 0.05) is 85.7 Å². The van der Waals surface area contributed by atoms with E-state index in [2.05, 4.69) is 117 Å². The summed E-state index contributed by atoms with van der Waals surface area (Å²) in [5, 5.41) is 42.6. The van der Waals surface area contributed by atoms with Crippen molar-refractivity contribution in [1.82, 2.24) is 9.80 Å². The Kier molecular flexibility index (Phi) is 76.4. The number of unbranched alkanes of at least 4 members (excludes halogenated alkanes) is 2. The zero-order valence-corrected chi connectivity index (χ0v) is 62.4. The van der Waals surface area contributed by atoms with Crippen LogP contribution in [0.5, 0.6) is 0 Å². The average molecular weight is 1280 g/mol. The number of rotatable bonds is 17. The van der Waals surface area contributed by atoms with Crippen molar-refractivity contribution in [1.29, 1.82) is 0 Å². The van der Waals surface area contributed by atoms with Crippen molar-refractivity contribution in [3.8, 4) is 0 Å². The third kappa shape index (κ3) is 84.0. The highest BCUT2D eigenvalue weighted by atomic mass is 32.2. The normalized spacial score (nSPS) is 18.0. The minimum absolute atomic E-state index is 0.133. The Labute approximate surface area is 547 Å². The zero-order chi connectivity index (χ0) is 68.5. The molecule has 0 radical (unpaired) electrons. The predicted molar refractivity (Wildman–Crippen MR) is 382 cm³/mol. The number of ether oxygens (including phenoxy) is 4. The van der Waals surface area contributed by atoms with Crippen molar-refractivity contribution in [2.45, 2.75) is 250 Å². The molecule has 5 fully saturated rings. The van der Waals surface area contributed by atoms with Crippen molar-refractivity contribution < 1.29 is 52.9 Å². The van der Waals surface area contributed by atoms with Gasteiger partial charge in [-0.25, -0.2) is 8.42 Å². The van der Waals surface area contributed by atoms with Crippen LogP contribution < -0.4 is 0 Å². The number of methoxy groups -OCH3 is 2. The molecule has 0 bridgehead atoms. The summed E-state index contributed by atoms with van der Waals surface area (Å²) < 4.78 is 41.1. The smallest absolute Gasteiger partial charge is 0.151 e. The fraction of sp³-hybridized carbons (Fsp3) is 0.838. The van der Waals surface area contributed by atoms with Crippen LogP contribution in [-0.4, -0.2) is 175 Å². The summed E-state index contributed by atoms with van der Waals surface area (Å²) in [6.45, 7) is 45.1. The number of aliphatic hydroxyl groups is 5. The van der Waals surface area contributed by atoms with E-state index in [1.54, 1.807) is 40.2 Å². The van der Waals surface area contributed by atoms with Gasteiger partial charge in [0.1, 0.15) is 0 Å². The number of nitrogens with zero attached hydrogens (tertiary/aromatic N) is 2. The molecule has 0 aromatic heterocycles. The van der Waals surface area contributed by atoms with E-state index in [-0.39, 0.29) is 5.75 Å². The third-order valence-corrected chi connectivity index (χ3v) is 15.5. The van der Waals surface area contributed by atoms with E-state index >= 15 is 0 Å². The standard InChI is InChI=1S/C8H10O2S.C8H16O.C8H10.C7H15N.C6H12O.C6H14O.C5H11N.C5H10O.2C5H12O.2C4H10O.C3H8O/c1-11(9,10)7-8-5-3-2-4-6-8;1-7-2-4-8(6-9)5-3-7;1-2-8-6-4-3-5-7-8;1-7-3-5-8(2)6-4-7;1-2-6-3-4-7-5-6;1-4-5-6(2,3)7;1-5-3-6(2)4-5;1-2-5-3-6-4-5;1-4-5(2,3)6;1-3-4-5-6-2;1-3-4-5-2;1-2-3-4-5;1-2-3-4/h2-6H,7H2,1H3;7-9H,2-6H2,1H3;3-7H,2H2,1H3;7H,3-6H2,1-2H3;6H,2-5H2,1H3;7H,4-5H2,1-3H3;5H,3-4H2,1-2H3;5H,2-4H2,1H3;6H,4H2,1-3H3;3-5H2,1-2H3;3-4H2,1-2H3;5H,2-4H2,1H3;4H,2-3H2,1H3. The van der Waals surface area contributed by atoms with Gasteiger partial charge in [0.2, 0.25) is 0 Å². The summed E-state index contributed by atoms with van der Waals surface area (Å²) in [6, 6.07) is 19.6. The average Bonchev–Trinajstić information content (AvgIpc) is 4.02. The first-order chi connectivity index (χ1) is 41.6. The first kappa shape index (κ1) is 97.0. The summed E-state index contributed by atoms with van der Waals surface area (Å²) >= 11 is 0. The molecule has 4 saturated heterocycles. The second kappa shape index (κ2) is 69.3. The third-order valence-electron chi connectivity index (χ3n) is 14.6. The SMILES string of the molecule is CC1CCC(CO)CC1.CC1CCN(C)CC1.CC1CN(C)C1.CCC(C)(C)O.CCC1CCOC1.CCC1COC1.CCCC(C)(C)O.CCCCO.CCCCOC.CCCO.CCCOC.CCc1ccccc1.CS(=O)(=O)Cc1ccccc1. The lowest BCUT2D eigenvalue weighted by Gasteiger charge is -2.33. The van der Waals surface area contributed by atoms with Gasteiger partial charge in [-0.15, -0.1) is 0 Å². The van der Waals surface area contributed by atoms with Crippen molar-refractivity contribution in [2.24, 2.45) is 35.5 Å². The lowest BCUT2D eigenvalue weighted by Crippen LogP contribution is -2.41. The zero-order valence-electron chi connectivity index (χ0n) is 61.6. The summed E-state index contributed by atoms with van der Waals surface area (Å²) in [4.78, 5) is 4.73. The molecule has 5 aliphatic rings. The highest BCUT2D eigenvalue weighted by Crippen LogP contribution is 2.27. The molecule has 528 valence electrons. The quantitative estimate of drug-likeness (QED) is 0.0946. The maximum absolute atomic E-state index is 10.8. The summed E-state index contributed by atoms with van der Waals surface area (Å²) in [5.41, 5.74) is 1.34. The van der Waals surface area contributed by atoms with E-state index in [1.165, 1.54) is 109 Å². The van der Waals surface area contributed by atoms with Crippen LogP contribution in [0.1, 0.15) is 237 Å². The van der Waals surface area contributed by atoms with Crippen molar-refractivity contribution in [3.63, 3.8) is 0 Å². The van der Waals surface area contributed by atoms with Crippen LogP contribution in [0, 0.1) is 35.5 Å². The summed E-state index contributed by atoms with van der Waals surface area (Å²) in [6.07, 6.45) is 23.4. The lowest BCUT2D eigenvalue weighted by atomic mass is 9.84. The molecule has 1 saturated carbocycles. The van der Waals surface area contributed by atoms with Gasteiger partial charge in [0.15, 0.2) is 9.84 Å². The van der Waals surface area contributed by atoms with E-state index < -0.39 is 21.0 Å². The van der Waals surface area contributed by atoms with E-state index in [4.69, 9.17) is 44.5 Å². The maximum Gasteiger partial charge on any atom is 0.151 e. The fourth-order valence-corrected chi connectivity index (χ4v) is 8.74. The van der Waals surface area contributed by atoms with Crippen LogP contribution in [0.15, 0.2) is 60.7 Å². The van der Waals surface area contributed by atoms with Crippen LogP contribution >= 0.6 is 0 Å². The van der Waals surface area contributed by atoms with Gasteiger partial charge >= 0.3 is 0 Å². The van der Waals surface area contributed by atoms with Gasteiger partial charge in [-0.3, -0.25) is 0 Å². The van der Waals surface area contributed by atoms with E-state index in [1.807, 2.05) is 52.0 Å². The molecule has 0 spiro atoms. The second-order valence-corrected chi connectivity index (χ2v) is 28.0. The summed E-state index contributed by atoms with van der Waals surface area (Å²) in [5.74, 6) is 5.38. The highest BCUT2D eigenvalue weighted by molar-refractivity contribution is 7.89. The Morgan fingerprint density at radius 1 is 0.534 bits per heavy atom. The number of sulfone groups is 1. The number of aliphatic hydroxyl groups excluding tert-OH is 3. The number of piperidine rings is 1. The van der Waals surface area contributed by atoms with Crippen molar-refractivity contribution in [2.75, 3.05) is 120 Å². The molecule has 1 atom stereocenters. The van der Waals surface area contributed by atoms with E-state index in [0.29, 0.717) is 25.7 Å². The van der Waals surface area contributed by atoms with Gasteiger partial charge in [-0.2, -0.15) is 0 Å². The molecule has 0 amide bonds. The number of likely N-dealkylation sites (tertiary alicyclic amines) is 2. The minimum atomic E-state index is -2.88. The van der Waals surface area contributed by atoms with Crippen LogP contribution in [-0.2, 0) is 41.0 Å². The number of hydrogen-bond acceptors (Lipinski definition) is 13. The first-order valence-corrected chi connectivity index (χ1v) is 36.6. The molecule has 13 nitrogen and oxygen atoms in total. The maximum atomic E-state index is 10.8. The van der Waals surface area contributed by atoms with Gasteiger partial charge in [0.05, 0.1) is 30.2 Å². The Morgan fingerprint density at radius 3 is 1.17 bits per heavy atom. The van der Waals surface area contributed by atoms with E-state index in [9.17, 15) is 8.42 Å². The Bertz CT molecular complexity index is 1650. The van der Waals surface area contributed by atoms with Gasteiger partial charge in [-0.05, 0) is 179 Å². The molecule has 1 unspecified atom stereocenters. The van der Waals surface area contributed by atoms with Crippen molar-refractivity contribution >= 4 is 9.84 Å². The number of hydrogen-bond donors (Lipinski definition) is 5. The fourth-order valence-electron chi connectivity index (χ4n) is 7.94. The molecule has 2 aromatic rings. The monoisotopic (exact) mass is 1280 g/mol. The Balaban J connectivity index is -0.000000209. The number of benzene rings is 2. The molecule has 14 heteroatoms. The Hall–Kier alpha value is -2.05. The molecule has 4 aliphatic heterocycles. The molecule has 5 N–H and O–H groups in total. The van der Waals surface area contributed by atoms with Crippen LogP contribution in [0.25, 0.3) is 0 Å². The van der Waals surface area contributed by atoms with Crippen LogP contribution in [0.3, 0.4) is 0 Å². The first-order valence-electron chi connectivity index (χ1n) is 34.6.